The molecule has 0 atom stereocenters. The second kappa shape index (κ2) is 5.21. The molecule has 1 N–H and O–H groups in total. The number of nitrogens with one attached hydrogen (secondary N) is 1. The van der Waals surface area contributed by atoms with Gasteiger partial charge in [-0.2, -0.15) is 0 Å². The first-order valence-electron chi connectivity index (χ1n) is 6.10. The van der Waals surface area contributed by atoms with Gasteiger partial charge in [-0.3, -0.25) is 0 Å². The molecule has 1 aliphatic rings. The van der Waals surface area contributed by atoms with Crippen LogP contribution in [0.5, 0.6) is 0 Å². The highest BCUT2D eigenvalue weighted by atomic mass is 16.5. The standard InChI is InChI=1S/C12H19N3O2/c1-9-3-5-15(6-4-9)12(16)13-8-11-7-10(2)17-14-11/h7,9H,3-6,8H2,1-2H3,(H,13,16). The van der Waals surface area contributed by atoms with Crippen LogP contribution >= 0.6 is 0 Å². The van der Waals surface area contributed by atoms with Crippen molar-refractivity contribution < 1.29 is 9.32 Å². The molecule has 5 heteroatoms. The van der Waals surface area contributed by atoms with Gasteiger partial charge < -0.3 is 14.7 Å². The molecule has 0 bridgehead atoms. The Morgan fingerprint density at radius 1 is 1.59 bits per heavy atom. The lowest BCUT2D eigenvalue weighted by molar-refractivity contribution is 0.173. The topological polar surface area (TPSA) is 58.4 Å². The Hall–Kier alpha value is -1.52. The van der Waals surface area contributed by atoms with Crippen LogP contribution < -0.4 is 5.32 Å². The Balaban J connectivity index is 1.77. The second-order valence-corrected chi connectivity index (χ2v) is 4.76. The van der Waals surface area contributed by atoms with Crippen molar-refractivity contribution in [2.45, 2.75) is 33.2 Å². The molecular formula is C12H19N3O2. The fraction of sp³-hybridized carbons (Fsp3) is 0.667. The van der Waals surface area contributed by atoms with E-state index in [4.69, 9.17) is 4.52 Å². The van der Waals surface area contributed by atoms with Gasteiger partial charge in [0.15, 0.2) is 0 Å². The van der Waals surface area contributed by atoms with Crippen molar-refractivity contribution in [1.82, 2.24) is 15.4 Å². The number of urea groups is 1. The van der Waals surface area contributed by atoms with Crippen molar-refractivity contribution in [2.24, 2.45) is 5.92 Å². The van der Waals surface area contributed by atoms with Gasteiger partial charge >= 0.3 is 6.03 Å². The largest absolute Gasteiger partial charge is 0.361 e. The molecule has 1 aromatic heterocycles. The van der Waals surface area contributed by atoms with Crippen LogP contribution in [0.4, 0.5) is 4.79 Å². The number of aryl methyl sites for hydroxylation is 1. The number of rotatable bonds is 2. The van der Waals surface area contributed by atoms with Crippen LogP contribution in [-0.2, 0) is 6.54 Å². The van der Waals surface area contributed by atoms with E-state index in [0.717, 1.165) is 43.3 Å². The minimum atomic E-state index is -0.00227. The fourth-order valence-electron chi connectivity index (χ4n) is 1.99. The van der Waals surface area contributed by atoms with Gasteiger partial charge in [0, 0.05) is 19.2 Å². The summed E-state index contributed by atoms with van der Waals surface area (Å²) >= 11 is 0. The Kier molecular flexibility index (Phi) is 3.66. The predicted octanol–water partition coefficient (Wildman–Crippen LogP) is 1.92. The predicted molar refractivity (Wildman–Crippen MR) is 63.4 cm³/mol. The third kappa shape index (κ3) is 3.22. The molecule has 5 nitrogen and oxygen atoms in total. The summed E-state index contributed by atoms with van der Waals surface area (Å²) < 4.78 is 4.94. The number of piperidine rings is 1. The van der Waals surface area contributed by atoms with Gasteiger partial charge in [0.1, 0.15) is 11.5 Å². The summed E-state index contributed by atoms with van der Waals surface area (Å²) in [4.78, 5) is 13.7. The van der Waals surface area contributed by atoms with Gasteiger partial charge in [-0.15, -0.1) is 0 Å². The van der Waals surface area contributed by atoms with Crippen LogP contribution in [-0.4, -0.2) is 29.2 Å². The molecular weight excluding hydrogens is 218 g/mol. The molecule has 17 heavy (non-hydrogen) atoms. The minimum absolute atomic E-state index is 0.00227. The molecule has 0 saturated carbocycles. The number of likely N-dealkylation sites (tertiary alicyclic amines) is 1. The maximum absolute atomic E-state index is 11.8. The second-order valence-electron chi connectivity index (χ2n) is 4.76. The molecule has 2 heterocycles. The van der Waals surface area contributed by atoms with Gasteiger partial charge in [-0.1, -0.05) is 12.1 Å². The van der Waals surface area contributed by atoms with Crippen LogP contribution in [0.25, 0.3) is 0 Å². The van der Waals surface area contributed by atoms with Gasteiger partial charge in [-0.25, -0.2) is 4.79 Å². The summed E-state index contributed by atoms with van der Waals surface area (Å²) in [7, 11) is 0. The van der Waals surface area contributed by atoms with E-state index < -0.39 is 0 Å². The number of amides is 2. The third-order valence-electron chi connectivity index (χ3n) is 3.17. The highest BCUT2D eigenvalue weighted by Crippen LogP contribution is 2.15. The quantitative estimate of drug-likeness (QED) is 0.855. The minimum Gasteiger partial charge on any atom is -0.361 e. The molecule has 1 fully saturated rings. The maximum Gasteiger partial charge on any atom is 0.317 e. The molecule has 1 aromatic rings. The highest BCUT2D eigenvalue weighted by Gasteiger charge is 2.19. The molecule has 0 aliphatic carbocycles. The Morgan fingerprint density at radius 3 is 2.88 bits per heavy atom. The van der Waals surface area contributed by atoms with E-state index in [1.54, 1.807) is 0 Å². The highest BCUT2D eigenvalue weighted by molar-refractivity contribution is 5.74. The lowest BCUT2D eigenvalue weighted by atomic mass is 10.00. The van der Waals surface area contributed by atoms with Crippen molar-refractivity contribution in [3.63, 3.8) is 0 Å². The van der Waals surface area contributed by atoms with Crippen LogP contribution in [0.3, 0.4) is 0 Å². The molecule has 0 spiro atoms. The number of aromatic nitrogens is 1. The number of hydrogen-bond acceptors (Lipinski definition) is 3. The van der Waals surface area contributed by atoms with Gasteiger partial charge in [0.05, 0.1) is 6.54 Å². The molecule has 94 valence electrons. The monoisotopic (exact) mass is 237 g/mol. The fourth-order valence-corrected chi connectivity index (χ4v) is 1.99. The van der Waals surface area contributed by atoms with Gasteiger partial charge in [0.25, 0.3) is 0 Å². The zero-order valence-electron chi connectivity index (χ0n) is 10.4. The summed E-state index contributed by atoms with van der Waals surface area (Å²) in [6, 6.07) is 1.83. The average Bonchev–Trinajstić information content (AvgIpc) is 2.73. The first-order valence-corrected chi connectivity index (χ1v) is 6.10. The molecule has 2 amide bonds. The lowest BCUT2D eigenvalue weighted by Crippen LogP contribution is -2.43. The van der Waals surface area contributed by atoms with Crippen molar-refractivity contribution in [3.05, 3.63) is 17.5 Å². The number of nitrogens with zero attached hydrogens (tertiary/aromatic N) is 2. The maximum atomic E-state index is 11.8. The number of carbonyl (C=O) groups excluding carboxylic acids is 1. The number of hydrogen-bond donors (Lipinski definition) is 1. The summed E-state index contributed by atoms with van der Waals surface area (Å²) in [6.45, 7) is 6.20. The van der Waals surface area contributed by atoms with Gasteiger partial charge in [0.2, 0.25) is 0 Å². The van der Waals surface area contributed by atoms with E-state index in [-0.39, 0.29) is 6.03 Å². The van der Waals surface area contributed by atoms with E-state index in [9.17, 15) is 4.79 Å². The molecule has 1 saturated heterocycles. The molecule has 0 unspecified atom stereocenters. The van der Waals surface area contributed by atoms with E-state index in [2.05, 4.69) is 17.4 Å². The molecule has 1 aliphatic heterocycles. The van der Waals surface area contributed by atoms with Crippen LogP contribution in [0.1, 0.15) is 31.2 Å². The zero-order chi connectivity index (χ0) is 12.3. The van der Waals surface area contributed by atoms with Crippen LogP contribution in [0.2, 0.25) is 0 Å². The first-order chi connectivity index (χ1) is 8.15. The van der Waals surface area contributed by atoms with E-state index in [1.165, 1.54) is 0 Å². The molecule has 2 rings (SSSR count). The van der Waals surface area contributed by atoms with Crippen LogP contribution in [0.15, 0.2) is 10.6 Å². The first kappa shape index (κ1) is 12.0. The van der Waals surface area contributed by atoms with Gasteiger partial charge in [-0.05, 0) is 25.7 Å². The number of carbonyl (C=O) groups is 1. The van der Waals surface area contributed by atoms with Crippen molar-refractivity contribution in [1.29, 1.82) is 0 Å². The van der Waals surface area contributed by atoms with E-state index >= 15 is 0 Å². The van der Waals surface area contributed by atoms with Crippen molar-refractivity contribution in [3.8, 4) is 0 Å². The lowest BCUT2D eigenvalue weighted by Gasteiger charge is -2.30. The summed E-state index contributed by atoms with van der Waals surface area (Å²) in [5.74, 6) is 1.50. The van der Waals surface area contributed by atoms with Crippen molar-refractivity contribution in [2.75, 3.05) is 13.1 Å². The molecule has 0 radical (unpaired) electrons. The Morgan fingerprint density at radius 2 is 2.29 bits per heavy atom. The van der Waals surface area contributed by atoms with E-state index in [0.29, 0.717) is 6.54 Å². The molecule has 0 aromatic carbocycles. The summed E-state index contributed by atoms with van der Waals surface area (Å²) in [5.41, 5.74) is 0.765. The third-order valence-corrected chi connectivity index (χ3v) is 3.17. The SMILES string of the molecule is Cc1cc(CNC(=O)N2CCC(C)CC2)no1. The Bertz CT molecular complexity index is 381. The Labute approximate surface area is 101 Å². The summed E-state index contributed by atoms with van der Waals surface area (Å²) in [6.07, 6.45) is 2.19. The average molecular weight is 237 g/mol. The smallest absolute Gasteiger partial charge is 0.317 e. The normalized spacial score (nSPS) is 17.2. The summed E-state index contributed by atoms with van der Waals surface area (Å²) in [5, 5.41) is 6.70. The van der Waals surface area contributed by atoms with E-state index in [1.807, 2.05) is 17.9 Å². The zero-order valence-corrected chi connectivity index (χ0v) is 10.4. The van der Waals surface area contributed by atoms with Crippen LogP contribution in [0, 0.1) is 12.8 Å². The van der Waals surface area contributed by atoms with Crippen molar-refractivity contribution >= 4 is 6.03 Å².